The van der Waals surface area contributed by atoms with E-state index in [9.17, 15) is 14.4 Å². The lowest BCUT2D eigenvalue weighted by Crippen LogP contribution is -2.21. The quantitative estimate of drug-likeness (QED) is 0.629. The lowest BCUT2D eigenvalue weighted by atomic mass is 10.1. The van der Waals surface area contributed by atoms with Gasteiger partial charge in [0.15, 0.2) is 0 Å². The maximum Gasteiger partial charge on any atom is 0.341 e. The third-order valence-electron chi connectivity index (χ3n) is 4.62. The van der Waals surface area contributed by atoms with Crippen LogP contribution in [0.2, 0.25) is 0 Å². The minimum atomic E-state index is -0.579. The van der Waals surface area contributed by atoms with Crippen molar-refractivity contribution in [3.05, 3.63) is 51.3 Å². The molecule has 1 N–H and O–H groups in total. The van der Waals surface area contributed by atoms with Crippen molar-refractivity contribution in [2.24, 2.45) is 0 Å². The highest BCUT2D eigenvalue weighted by atomic mass is 32.1. The number of carbonyl (C=O) groups is 3. The molecule has 0 aromatic carbocycles. The van der Waals surface area contributed by atoms with Crippen molar-refractivity contribution in [1.82, 2.24) is 14.3 Å². The molecule has 3 aromatic rings. The summed E-state index contributed by atoms with van der Waals surface area (Å²) in [6.45, 7) is 7.27. The van der Waals surface area contributed by atoms with Crippen LogP contribution in [0, 0.1) is 20.8 Å². The molecule has 0 saturated carbocycles. The molecule has 3 heterocycles. The van der Waals surface area contributed by atoms with Crippen molar-refractivity contribution >= 4 is 39.8 Å². The molecular formula is C21H24N4O4S. The predicted molar refractivity (Wildman–Crippen MR) is 116 cm³/mol. The molecule has 0 aliphatic carbocycles. The number of aryl methyl sites for hydroxylation is 2. The average molecular weight is 429 g/mol. The maximum atomic E-state index is 13.1. The topological polar surface area (TPSA) is 93.0 Å². The van der Waals surface area contributed by atoms with Gasteiger partial charge in [0.1, 0.15) is 16.3 Å². The molecule has 30 heavy (non-hydrogen) atoms. The number of nitrogens with one attached hydrogen (secondary N) is 1. The summed E-state index contributed by atoms with van der Waals surface area (Å²) in [7, 11) is 3.26. The summed E-state index contributed by atoms with van der Waals surface area (Å²) in [6.07, 6.45) is 1.78. The van der Waals surface area contributed by atoms with Gasteiger partial charge in [0.25, 0.3) is 11.8 Å². The van der Waals surface area contributed by atoms with E-state index in [-0.39, 0.29) is 23.1 Å². The van der Waals surface area contributed by atoms with Gasteiger partial charge in [0.05, 0.1) is 22.7 Å². The Morgan fingerprint density at radius 2 is 1.93 bits per heavy atom. The highest BCUT2D eigenvalue weighted by Gasteiger charge is 2.28. The molecule has 8 nitrogen and oxygen atoms in total. The van der Waals surface area contributed by atoms with E-state index in [1.54, 1.807) is 45.5 Å². The molecule has 0 aliphatic heterocycles. The molecular weight excluding hydrogens is 404 g/mol. The number of thiophene rings is 1. The van der Waals surface area contributed by atoms with Crippen LogP contribution in [0.1, 0.15) is 54.3 Å². The van der Waals surface area contributed by atoms with Crippen molar-refractivity contribution in [3.63, 3.8) is 0 Å². The third-order valence-corrected chi connectivity index (χ3v) is 5.82. The van der Waals surface area contributed by atoms with Crippen LogP contribution in [0.3, 0.4) is 0 Å². The van der Waals surface area contributed by atoms with Crippen molar-refractivity contribution in [1.29, 1.82) is 0 Å². The highest BCUT2D eigenvalue weighted by Crippen LogP contribution is 2.35. The van der Waals surface area contributed by atoms with E-state index in [0.29, 0.717) is 27.5 Å². The zero-order valence-electron chi connectivity index (χ0n) is 17.8. The van der Waals surface area contributed by atoms with E-state index in [1.807, 2.05) is 19.1 Å². The summed E-state index contributed by atoms with van der Waals surface area (Å²) < 4.78 is 6.86. The molecule has 0 fully saturated rings. The highest BCUT2D eigenvalue weighted by molar-refractivity contribution is 7.18. The number of hydrogen-bond donors (Lipinski definition) is 1. The van der Waals surface area contributed by atoms with Crippen LogP contribution in [0.4, 0.5) is 5.00 Å². The van der Waals surface area contributed by atoms with Gasteiger partial charge in [-0.25, -0.2) is 9.78 Å². The number of carbonyl (C=O) groups excluding carboxylic acids is 3. The molecule has 3 aromatic heterocycles. The van der Waals surface area contributed by atoms with E-state index >= 15 is 0 Å². The first-order valence-corrected chi connectivity index (χ1v) is 10.3. The zero-order chi connectivity index (χ0) is 22.2. The summed E-state index contributed by atoms with van der Waals surface area (Å²) in [5.74, 6) is -1.24. The Kier molecular flexibility index (Phi) is 5.93. The lowest BCUT2D eigenvalue weighted by molar-refractivity contribution is 0.0527. The Labute approximate surface area is 178 Å². The van der Waals surface area contributed by atoms with E-state index in [2.05, 4.69) is 10.3 Å². The van der Waals surface area contributed by atoms with E-state index in [1.165, 1.54) is 4.90 Å². The second-order valence-electron chi connectivity index (χ2n) is 7.11. The van der Waals surface area contributed by atoms with Gasteiger partial charge in [-0.2, -0.15) is 0 Å². The number of fused-ring (bicyclic) bond motifs is 1. The first-order valence-electron chi connectivity index (χ1n) is 9.44. The molecule has 0 atom stereocenters. The van der Waals surface area contributed by atoms with Crippen LogP contribution in [0.15, 0.2) is 18.3 Å². The van der Waals surface area contributed by atoms with Gasteiger partial charge in [0.2, 0.25) is 0 Å². The van der Waals surface area contributed by atoms with Crippen molar-refractivity contribution in [3.8, 4) is 0 Å². The number of aromatic nitrogens is 2. The zero-order valence-corrected chi connectivity index (χ0v) is 18.6. The van der Waals surface area contributed by atoms with Crippen molar-refractivity contribution in [2.75, 3.05) is 26.0 Å². The fourth-order valence-corrected chi connectivity index (χ4v) is 4.37. The first kappa shape index (κ1) is 21.5. The Morgan fingerprint density at radius 1 is 1.23 bits per heavy atom. The second kappa shape index (κ2) is 8.27. The Bertz CT molecular complexity index is 1160. The van der Waals surface area contributed by atoms with Gasteiger partial charge in [-0.1, -0.05) is 0 Å². The van der Waals surface area contributed by atoms with Crippen LogP contribution in [0.5, 0.6) is 0 Å². The largest absolute Gasteiger partial charge is 0.462 e. The monoisotopic (exact) mass is 428 g/mol. The fraction of sp³-hybridized carbons (Fsp3) is 0.333. The molecule has 0 radical (unpaired) electrons. The summed E-state index contributed by atoms with van der Waals surface area (Å²) >= 11 is 1.06. The number of amides is 2. The molecule has 9 heteroatoms. The van der Waals surface area contributed by atoms with Crippen LogP contribution in [-0.4, -0.2) is 52.8 Å². The fourth-order valence-electron chi connectivity index (χ4n) is 3.16. The van der Waals surface area contributed by atoms with Crippen LogP contribution < -0.4 is 5.32 Å². The Hall–Kier alpha value is -3.20. The molecule has 3 rings (SSSR count). The minimum absolute atomic E-state index is 0.185. The standard InChI is InChI=1S/C21H24N4O4S/c1-7-29-21(28)15-12(3)17(20(27)24(5)6)30-19(15)23-18(26)16-13(4)22-14-10-11(2)8-9-25(14)16/h8-10H,7H2,1-6H3,(H,23,26). The van der Waals surface area contributed by atoms with Crippen LogP contribution in [-0.2, 0) is 4.74 Å². The summed E-state index contributed by atoms with van der Waals surface area (Å²) in [4.78, 5) is 44.5. The number of rotatable bonds is 5. The average Bonchev–Trinajstić information content (AvgIpc) is 3.16. The second-order valence-corrected chi connectivity index (χ2v) is 8.13. The van der Waals surface area contributed by atoms with E-state index in [4.69, 9.17) is 4.74 Å². The number of ether oxygens (including phenoxy) is 1. The number of anilines is 1. The maximum absolute atomic E-state index is 13.1. The lowest BCUT2D eigenvalue weighted by Gasteiger charge is -2.09. The number of esters is 1. The Balaban J connectivity index is 2.06. The smallest absolute Gasteiger partial charge is 0.341 e. The van der Waals surface area contributed by atoms with Gasteiger partial charge in [-0.3, -0.25) is 14.0 Å². The molecule has 158 valence electrons. The van der Waals surface area contributed by atoms with Gasteiger partial charge in [-0.05, 0) is 51.0 Å². The number of imidazole rings is 1. The molecule has 0 aliphatic rings. The van der Waals surface area contributed by atoms with Crippen LogP contribution >= 0.6 is 11.3 Å². The summed E-state index contributed by atoms with van der Waals surface area (Å²) in [6, 6.07) is 3.77. The number of hydrogen-bond acceptors (Lipinski definition) is 6. The minimum Gasteiger partial charge on any atom is -0.462 e. The number of nitrogens with zero attached hydrogens (tertiary/aromatic N) is 3. The van der Waals surface area contributed by atoms with Crippen molar-refractivity contribution in [2.45, 2.75) is 27.7 Å². The summed E-state index contributed by atoms with van der Waals surface area (Å²) in [5.41, 5.74) is 3.31. The van der Waals surface area contributed by atoms with Gasteiger partial charge in [-0.15, -0.1) is 11.3 Å². The molecule has 0 bridgehead atoms. The number of pyridine rings is 1. The molecule has 2 amide bonds. The molecule has 0 saturated heterocycles. The van der Waals surface area contributed by atoms with E-state index < -0.39 is 11.9 Å². The first-order chi connectivity index (χ1) is 14.1. The molecule has 0 unspecified atom stereocenters. The normalized spacial score (nSPS) is 10.9. The van der Waals surface area contributed by atoms with Gasteiger partial charge in [0, 0.05) is 20.3 Å². The predicted octanol–water partition coefficient (Wildman–Crippen LogP) is 3.45. The molecule has 0 spiro atoms. The SMILES string of the molecule is CCOC(=O)c1c(NC(=O)c2c(C)nc3cc(C)ccn23)sc(C(=O)N(C)C)c1C. The van der Waals surface area contributed by atoms with Gasteiger partial charge < -0.3 is 15.0 Å². The third kappa shape index (κ3) is 3.80. The Morgan fingerprint density at radius 3 is 2.57 bits per heavy atom. The van der Waals surface area contributed by atoms with Crippen LogP contribution in [0.25, 0.3) is 5.65 Å². The summed E-state index contributed by atoms with van der Waals surface area (Å²) in [5, 5.41) is 3.08. The van der Waals surface area contributed by atoms with Gasteiger partial charge >= 0.3 is 5.97 Å². The van der Waals surface area contributed by atoms with Crippen molar-refractivity contribution < 1.29 is 19.1 Å². The van der Waals surface area contributed by atoms with E-state index in [0.717, 1.165) is 16.9 Å².